The summed E-state index contributed by atoms with van der Waals surface area (Å²) in [4.78, 5) is 23.5. The highest BCUT2D eigenvalue weighted by Crippen LogP contribution is 2.33. The van der Waals surface area contributed by atoms with Crippen molar-refractivity contribution in [1.82, 2.24) is 19.4 Å². The predicted octanol–water partition coefficient (Wildman–Crippen LogP) is 2.31. The van der Waals surface area contributed by atoms with Crippen molar-refractivity contribution in [2.24, 2.45) is 7.05 Å². The molecule has 1 fully saturated rings. The monoisotopic (exact) mass is 326 g/mol. The molecule has 6 heteroatoms. The predicted molar refractivity (Wildman–Crippen MR) is 90.7 cm³/mol. The second kappa shape index (κ2) is 5.70. The first kappa shape index (κ1) is 15.3. The molecule has 2 aliphatic heterocycles. The summed E-state index contributed by atoms with van der Waals surface area (Å²) in [5, 5.41) is 0. The molecule has 0 radical (unpaired) electrons. The molecule has 6 nitrogen and oxygen atoms in total. The summed E-state index contributed by atoms with van der Waals surface area (Å²) < 4.78 is 7.88. The average Bonchev–Trinajstić information content (AvgIpc) is 2.96. The maximum absolute atomic E-state index is 13.0. The third kappa shape index (κ3) is 2.51. The molecule has 2 aromatic rings. The molecule has 1 spiro atoms. The molecular formula is C18H22N4O2. The van der Waals surface area contributed by atoms with Gasteiger partial charge in [-0.25, -0.2) is 9.97 Å². The van der Waals surface area contributed by atoms with Crippen LogP contribution in [0.15, 0.2) is 30.2 Å². The van der Waals surface area contributed by atoms with E-state index in [1.54, 1.807) is 18.6 Å². The van der Waals surface area contributed by atoms with Crippen molar-refractivity contribution in [3.05, 3.63) is 35.8 Å². The topological polar surface area (TPSA) is 60.2 Å². The SMILES string of the molecule is CC1=CC2(CCN(C(=O)c3ccnc4c3ncn4C)CC2)OCC1. The zero-order valence-electron chi connectivity index (χ0n) is 14.2. The Morgan fingerprint density at radius 1 is 1.29 bits per heavy atom. The third-order valence-electron chi connectivity index (χ3n) is 5.12. The molecule has 0 atom stereocenters. The van der Waals surface area contributed by atoms with Crippen LogP contribution in [0.5, 0.6) is 0 Å². The quantitative estimate of drug-likeness (QED) is 0.755. The zero-order valence-corrected chi connectivity index (χ0v) is 14.2. The van der Waals surface area contributed by atoms with Gasteiger partial charge in [0.05, 0.1) is 24.1 Å². The van der Waals surface area contributed by atoms with Crippen molar-refractivity contribution in [2.45, 2.75) is 31.8 Å². The molecule has 4 heterocycles. The van der Waals surface area contributed by atoms with Crippen LogP contribution in [0.25, 0.3) is 11.2 Å². The van der Waals surface area contributed by atoms with Crippen molar-refractivity contribution in [2.75, 3.05) is 19.7 Å². The molecule has 4 rings (SSSR count). The van der Waals surface area contributed by atoms with Gasteiger partial charge in [0.2, 0.25) is 0 Å². The molecule has 24 heavy (non-hydrogen) atoms. The molecule has 2 aromatic heterocycles. The number of aromatic nitrogens is 3. The van der Waals surface area contributed by atoms with E-state index in [9.17, 15) is 4.79 Å². The maximum atomic E-state index is 13.0. The minimum atomic E-state index is -0.169. The van der Waals surface area contributed by atoms with Gasteiger partial charge in [-0.05, 0) is 32.3 Å². The van der Waals surface area contributed by atoms with Crippen molar-refractivity contribution in [1.29, 1.82) is 0 Å². The lowest BCUT2D eigenvalue weighted by Crippen LogP contribution is -2.48. The molecule has 0 unspecified atom stereocenters. The first-order valence-corrected chi connectivity index (χ1v) is 8.46. The van der Waals surface area contributed by atoms with Gasteiger partial charge in [-0.1, -0.05) is 11.6 Å². The zero-order chi connectivity index (χ0) is 16.7. The fourth-order valence-corrected chi connectivity index (χ4v) is 3.73. The fraction of sp³-hybridized carbons (Fsp3) is 0.500. The van der Waals surface area contributed by atoms with Gasteiger partial charge >= 0.3 is 0 Å². The number of ether oxygens (including phenoxy) is 1. The lowest BCUT2D eigenvalue weighted by atomic mass is 9.87. The van der Waals surface area contributed by atoms with Crippen molar-refractivity contribution in [3.63, 3.8) is 0 Å². The summed E-state index contributed by atoms with van der Waals surface area (Å²) in [6, 6.07) is 1.77. The normalized spacial score (nSPS) is 20.4. The molecule has 126 valence electrons. The molecular weight excluding hydrogens is 304 g/mol. The molecule has 0 saturated carbocycles. The highest BCUT2D eigenvalue weighted by molar-refractivity contribution is 6.04. The fourth-order valence-electron chi connectivity index (χ4n) is 3.73. The van der Waals surface area contributed by atoms with Gasteiger partial charge in [-0.15, -0.1) is 0 Å². The summed E-state index contributed by atoms with van der Waals surface area (Å²) in [7, 11) is 1.89. The number of pyridine rings is 1. The largest absolute Gasteiger partial charge is 0.370 e. The number of carbonyl (C=O) groups is 1. The van der Waals surface area contributed by atoms with Crippen molar-refractivity contribution < 1.29 is 9.53 Å². The van der Waals surface area contributed by atoms with Crippen LogP contribution in [0.1, 0.15) is 36.5 Å². The Labute approximate surface area is 141 Å². The number of hydrogen-bond acceptors (Lipinski definition) is 4. The summed E-state index contributed by atoms with van der Waals surface area (Å²) in [5.41, 5.74) is 3.27. The number of fused-ring (bicyclic) bond motifs is 1. The minimum absolute atomic E-state index is 0.0347. The molecule has 2 aliphatic rings. The average molecular weight is 326 g/mol. The molecule has 0 aromatic carbocycles. The van der Waals surface area contributed by atoms with Gasteiger partial charge in [-0.3, -0.25) is 4.79 Å². The van der Waals surface area contributed by atoms with E-state index < -0.39 is 0 Å². The van der Waals surface area contributed by atoms with E-state index in [0.29, 0.717) is 24.2 Å². The van der Waals surface area contributed by atoms with E-state index in [-0.39, 0.29) is 11.5 Å². The van der Waals surface area contributed by atoms with Crippen LogP contribution in [-0.2, 0) is 11.8 Å². The van der Waals surface area contributed by atoms with Crippen LogP contribution in [0.3, 0.4) is 0 Å². The van der Waals surface area contributed by atoms with Crippen LogP contribution in [0, 0.1) is 0 Å². The number of nitrogens with zero attached hydrogens (tertiary/aromatic N) is 4. The van der Waals surface area contributed by atoms with Crippen LogP contribution < -0.4 is 0 Å². The number of aryl methyl sites for hydroxylation is 1. The molecule has 0 aliphatic carbocycles. The lowest BCUT2D eigenvalue weighted by molar-refractivity contribution is -0.0522. The van der Waals surface area contributed by atoms with Gasteiger partial charge in [0.1, 0.15) is 5.52 Å². The Bertz CT molecular complexity index is 816. The van der Waals surface area contributed by atoms with Crippen molar-refractivity contribution in [3.8, 4) is 0 Å². The second-order valence-electron chi connectivity index (χ2n) is 6.83. The Hall–Kier alpha value is -2.21. The number of rotatable bonds is 1. The van der Waals surface area contributed by atoms with Gasteiger partial charge in [0, 0.05) is 26.3 Å². The Kier molecular flexibility index (Phi) is 3.64. The van der Waals surface area contributed by atoms with Crippen molar-refractivity contribution >= 4 is 17.1 Å². The van der Waals surface area contributed by atoms with E-state index in [0.717, 1.165) is 31.5 Å². The summed E-state index contributed by atoms with van der Waals surface area (Å²) in [6.07, 6.45) is 8.36. The standard InChI is InChI=1S/C18H22N4O2/c1-13-4-10-24-18(11-13)5-8-22(9-6-18)17(23)14-3-7-19-16-15(14)20-12-21(16)2/h3,7,11-12H,4-6,8-10H2,1-2H3. The number of piperidine rings is 1. The lowest BCUT2D eigenvalue weighted by Gasteiger charge is -2.42. The Balaban J connectivity index is 1.55. The number of hydrogen-bond donors (Lipinski definition) is 0. The van der Waals surface area contributed by atoms with E-state index in [2.05, 4.69) is 23.0 Å². The number of likely N-dealkylation sites (tertiary alicyclic amines) is 1. The minimum Gasteiger partial charge on any atom is -0.370 e. The van der Waals surface area contributed by atoms with Crippen LogP contribution >= 0.6 is 0 Å². The Morgan fingerprint density at radius 2 is 2.08 bits per heavy atom. The number of carbonyl (C=O) groups excluding carboxylic acids is 1. The summed E-state index contributed by atoms with van der Waals surface area (Å²) >= 11 is 0. The first-order valence-electron chi connectivity index (χ1n) is 8.46. The van der Waals surface area contributed by atoms with Crippen LogP contribution in [0.4, 0.5) is 0 Å². The second-order valence-corrected chi connectivity index (χ2v) is 6.83. The highest BCUT2D eigenvalue weighted by atomic mass is 16.5. The van der Waals surface area contributed by atoms with E-state index in [4.69, 9.17) is 4.74 Å². The summed E-state index contributed by atoms with van der Waals surface area (Å²) in [5.74, 6) is 0.0347. The van der Waals surface area contributed by atoms with Crippen LogP contribution in [-0.4, -0.2) is 50.6 Å². The van der Waals surface area contributed by atoms with Crippen LogP contribution in [0.2, 0.25) is 0 Å². The van der Waals surface area contributed by atoms with Gasteiger partial charge in [-0.2, -0.15) is 0 Å². The molecule has 1 saturated heterocycles. The highest BCUT2D eigenvalue weighted by Gasteiger charge is 2.37. The Morgan fingerprint density at radius 3 is 2.83 bits per heavy atom. The number of amides is 1. The molecule has 1 amide bonds. The van der Waals surface area contributed by atoms with Gasteiger partial charge in [0.15, 0.2) is 5.65 Å². The van der Waals surface area contributed by atoms with Gasteiger partial charge in [0.25, 0.3) is 5.91 Å². The molecule has 0 N–H and O–H groups in total. The van der Waals surface area contributed by atoms with E-state index in [1.807, 2.05) is 16.5 Å². The number of imidazole rings is 1. The third-order valence-corrected chi connectivity index (χ3v) is 5.12. The first-order chi connectivity index (χ1) is 11.6. The molecule has 0 bridgehead atoms. The van der Waals surface area contributed by atoms with E-state index >= 15 is 0 Å². The smallest absolute Gasteiger partial charge is 0.256 e. The van der Waals surface area contributed by atoms with E-state index in [1.165, 1.54) is 5.57 Å². The maximum Gasteiger partial charge on any atom is 0.256 e. The van der Waals surface area contributed by atoms with Gasteiger partial charge < -0.3 is 14.2 Å². The summed E-state index contributed by atoms with van der Waals surface area (Å²) in [6.45, 7) is 4.37.